The Morgan fingerprint density at radius 2 is 1.88 bits per heavy atom. The van der Waals surface area contributed by atoms with Crippen molar-refractivity contribution in [1.82, 2.24) is 5.32 Å². The molecule has 0 heterocycles. The zero-order chi connectivity index (χ0) is 12.7. The molecule has 2 N–H and O–H groups in total. The number of ether oxygens (including phenoxy) is 1. The Labute approximate surface area is 100 Å². The maximum atomic E-state index is 11.4. The van der Waals surface area contributed by atoms with Crippen LogP contribution in [0.2, 0.25) is 0 Å². The number of rotatable bonds is 4. The molecular weight excluding hydrogens is 220 g/mol. The summed E-state index contributed by atoms with van der Waals surface area (Å²) in [5.41, 5.74) is 1.84. The van der Waals surface area contributed by atoms with E-state index in [2.05, 4.69) is 15.4 Å². The average molecular weight is 236 g/mol. The molecule has 0 aliphatic heterocycles. The summed E-state index contributed by atoms with van der Waals surface area (Å²) in [5, 5.41) is 5.22. The monoisotopic (exact) mass is 236 g/mol. The summed E-state index contributed by atoms with van der Waals surface area (Å²) in [7, 11) is 1.31. The molecule has 92 valence electrons. The van der Waals surface area contributed by atoms with Crippen LogP contribution >= 0.6 is 0 Å². The predicted octanol–water partition coefficient (Wildman–Crippen LogP) is 1.68. The van der Waals surface area contributed by atoms with E-state index in [-0.39, 0.29) is 25.0 Å². The normalized spacial score (nSPS) is 9.53. The molecule has 0 fully saturated rings. The van der Waals surface area contributed by atoms with Crippen molar-refractivity contribution in [2.75, 3.05) is 19.0 Å². The standard InChI is InChI=1S/C12H16N2O3/c1-9-3-5-10(6-4-9)14-12(16)13-8-7-11(15)17-2/h3-6H,7-8H2,1-2H3,(H2,13,14,16). The van der Waals surface area contributed by atoms with E-state index in [4.69, 9.17) is 0 Å². The topological polar surface area (TPSA) is 67.4 Å². The van der Waals surface area contributed by atoms with E-state index < -0.39 is 0 Å². The summed E-state index contributed by atoms with van der Waals surface area (Å²) < 4.78 is 4.45. The Balaban J connectivity index is 2.30. The van der Waals surface area contributed by atoms with Gasteiger partial charge in [-0.25, -0.2) is 4.79 Å². The average Bonchev–Trinajstić information content (AvgIpc) is 2.32. The van der Waals surface area contributed by atoms with E-state index in [1.807, 2.05) is 31.2 Å². The lowest BCUT2D eigenvalue weighted by molar-refractivity contribution is -0.140. The van der Waals surface area contributed by atoms with Gasteiger partial charge < -0.3 is 15.4 Å². The number of methoxy groups -OCH3 is 1. The van der Waals surface area contributed by atoms with Crippen molar-refractivity contribution >= 4 is 17.7 Å². The van der Waals surface area contributed by atoms with Crippen LogP contribution < -0.4 is 10.6 Å². The molecule has 0 unspecified atom stereocenters. The number of nitrogens with one attached hydrogen (secondary N) is 2. The fourth-order valence-corrected chi connectivity index (χ4v) is 1.19. The summed E-state index contributed by atoms with van der Waals surface area (Å²) >= 11 is 0. The van der Waals surface area contributed by atoms with E-state index in [0.29, 0.717) is 5.69 Å². The second-order valence-corrected chi connectivity index (χ2v) is 3.57. The van der Waals surface area contributed by atoms with Crippen LogP contribution in [0.15, 0.2) is 24.3 Å². The zero-order valence-electron chi connectivity index (χ0n) is 9.95. The van der Waals surface area contributed by atoms with Crippen LogP contribution in [-0.2, 0) is 9.53 Å². The van der Waals surface area contributed by atoms with Crippen LogP contribution in [0, 0.1) is 6.92 Å². The first-order chi connectivity index (χ1) is 8.11. The molecule has 17 heavy (non-hydrogen) atoms. The lowest BCUT2D eigenvalue weighted by Crippen LogP contribution is -2.30. The van der Waals surface area contributed by atoms with Crippen molar-refractivity contribution in [1.29, 1.82) is 0 Å². The van der Waals surface area contributed by atoms with Gasteiger partial charge in [-0.05, 0) is 19.1 Å². The van der Waals surface area contributed by atoms with E-state index in [0.717, 1.165) is 5.56 Å². The van der Waals surface area contributed by atoms with Gasteiger partial charge in [0, 0.05) is 12.2 Å². The Morgan fingerprint density at radius 1 is 1.24 bits per heavy atom. The van der Waals surface area contributed by atoms with Crippen LogP contribution in [0.5, 0.6) is 0 Å². The summed E-state index contributed by atoms with van der Waals surface area (Å²) in [6.07, 6.45) is 0.165. The van der Waals surface area contributed by atoms with Crippen molar-refractivity contribution in [2.45, 2.75) is 13.3 Å². The quantitative estimate of drug-likeness (QED) is 0.781. The molecule has 0 aromatic heterocycles. The Hall–Kier alpha value is -2.04. The highest BCUT2D eigenvalue weighted by Gasteiger charge is 2.03. The highest BCUT2D eigenvalue weighted by molar-refractivity contribution is 5.89. The van der Waals surface area contributed by atoms with Gasteiger partial charge in [0.15, 0.2) is 0 Å². The molecule has 1 aromatic carbocycles. The van der Waals surface area contributed by atoms with Gasteiger partial charge in [-0.3, -0.25) is 4.79 Å². The number of esters is 1. The van der Waals surface area contributed by atoms with Gasteiger partial charge in [0.1, 0.15) is 0 Å². The number of aryl methyl sites for hydroxylation is 1. The lowest BCUT2D eigenvalue weighted by atomic mass is 10.2. The molecule has 1 rings (SSSR count). The van der Waals surface area contributed by atoms with E-state index in [1.54, 1.807) is 0 Å². The first-order valence-electron chi connectivity index (χ1n) is 5.30. The van der Waals surface area contributed by atoms with Gasteiger partial charge in [0.2, 0.25) is 0 Å². The van der Waals surface area contributed by atoms with Crippen LogP contribution in [0.25, 0.3) is 0 Å². The molecule has 0 aliphatic rings. The first-order valence-corrected chi connectivity index (χ1v) is 5.30. The molecule has 0 aliphatic carbocycles. The van der Waals surface area contributed by atoms with Gasteiger partial charge in [-0.15, -0.1) is 0 Å². The van der Waals surface area contributed by atoms with Crippen molar-refractivity contribution in [3.63, 3.8) is 0 Å². The van der Waals surface area contributed by atoms with E-state index in [1.165, 1.54) is 7.11 Å². The summed E-state index contributed by atoms with van der Waals surface area (Å²) in [6, 6.07) is 7.11. The van der Waals surface area contributed by atoms with Crippen LogP contribution in [0.3, 0.4) is 0 Å². The largest absolute Gasteiger partial charge is 0.469 e. The fourth-order valence-electron chi connectivity index (χ4n) is 1.19. The van der Waals surface area contributed by atoms with Crippen LogP contribution in [-0.4, -0.2) is 25.7 Å². The van der Waals surface area contributed by atoms with E-state index >= 15 is 0 Å². The van der Waals surface area contributed by atoms with Gasteiger partial charge >= 0.3 is 12.0 Å². The van der Waals surface area contributed by atoms with Crippen molar-refractivity contribution in [2.24, 2.45) is 0 Å². The van der Waals surface area contributed by atoms with E-state index in [9.17, 15) is 9.59 Å². The summed E-state index contributed by atoms with van der Waals surface area (Å²) in [6.45, 7) is 2.23. The molecule has 0 spiro atoms. The third-order valence-corrected chi connectivity index (χ3v) is 2.15. The molecular formula is C12H16N2O3. The molecule has 0 saturated carbocycles. The van der Waals surface area contributed by atoms with Gasteiger partial charge in [-0.1, -0.05) is 17.7 Å². The minimum atomic E-state index is -0.347. The van der Waals surface area contributed by atoms with Gasteiger partial charge in [0.25, 0.3) is 0 Å². The van der Waals surface area contributed by atoms with Gasteiger partial charge in [0.05, 0.1) is 13.5 Å². The van der Waals surface area contributed by atoms with Crippen molar-refractivity contribution < 1.29 is 14.3 Å². The first kappa shape index (κ1) is 13.0. The fraction of sp³-hybridized carbons (Fsp3) is 0.333. The third kappa shape index (κ3) is 5.01. The molecule has 0 bridgehead atoms. The number of carbonyl (C=O) groups excluding carboxylic acids is 2. The molecule has 5 heteroatoms. The summed E-state index contributed by atoms with van der Waals surface area (Å²) in [5.74, 6) is -0.347. The number of anilines is 1. The zero-order valence-corrected chi connectivity index (χ0v) is 9.95. The number of benzene rings is 1. The Morgan fingerprint density at radius 3 is 2.47 bits per heavy atom. The third-order valence-electron chi connectivity index (χ3n) is 2.15. The molecule has 5 nitrogen and oxygen atoms in total. The number of carbonyl (C=O) groups is 2. The molecule has 0 atom stereocenters. The minimum Gasteiger partial charge on any atom is -0.469 e. The maximum Gasteiger partial charge on any atom is 0.319 e. The SMILES string of the molecule is COC(=O)CCNC(=O)Nc1ccc(C)cc1. The van der Waals surface area contributed by atoms with Crippen molar-refractivity contribution in [3.05, 3.63) is 29.8 Å². The molecule has 1 aromatic rings. The highest BCUT2D eigenvalue weighted by Crippen LogP contribution is 2.07. The smallest absolute Gasteiger partial charge is 0.319 e. The predicted molar refractivity (Wildman–Crippen MR) is 64.8 cm³/mol. The molecule has 0 radical (unpaired) electrons. The Kier molecular flexibility index (Phi) is 5.00. The second-order valence-electron chi connectivity index (χ2n) is 3.57. The molecule has 0 saturated heterocycles. The minimum absolute atomic E-state index is 0.165. The number of amides is 2. The van der Waals surface area contributed by atoms with Crippen LogP contribution in [0.1, 0.15) is 12.0 Å². The van der Waals surface area contributed by atoms with Crippen LogP contribution in [0.4, 0.5) is 10.5 Å². The Bertz CT molecular complexity index is 387. The lowest BCUT2D eigenvalue weighted by Gasteiger charge is -2.07. The van der Waals surface area contributed by atoms with Gasteiger partial charge in [-0.2, -0.15) is 0 Å². The number of hydrogen-bond acceptors (Lipinski definition) is 3. The number of urea groups is 1. The maximum absolute atomic E-state index is 11.4. The number of hydrogen-bond donors (Lipinski definition) is 2. The second kappa shape index (κ2) is 6.52. The molecule has 2 amide bonds. The highest BCUT2D eigenvalue weighted by atomic mass is 16.5. The summed E-state index contributed by atoms with van der Waals surface area (Å²) in [4.78, 5) is 22.2. The van der Waals surface area contributed by atoms with Crippen molar-refractivity contribution in [3.8, 4) is 0 Å².